The Hall–Kier alpha value is -1.76. The van der Waals surface area contributed by atoms with Gasteiger partial charge >= 0.3 is 0 Å². The zero-order chi connectivity index (χ0) is 16.4. The van der Waals surface area contributed by atoms with E-state index < -0.39 is 0 Å². The van der Waals surface area contributed by atoms with Crippen molar-refractivity contribution in [3.8, 4) is 0 Å². The van der Waals surface area contributed by atoms with Crippen LogP contribution in [0.1, 0.15) is 16.0 Å². The van der Waals surface area contributed by atoms with Gasteiger partial charge in [0.2, 0.25) is 0 Å². The smallest absolute Gasteiger partial charge is 0.253 e. The van der Waals surface area contributed by atoms with Crippen molar-refractivity contribution in [1.82, 2.24) is 14.8 Å². The van der Waals surface area contributed by atoms with Crippen molar-refractivity contribution in [3.05, 3.63) is 52.0 Å². The molecule has 126 valence electrons. The summed E-state index contributed by atoms with van der Waals surface area (Å²) in [6, 6.07) is 8.39. The highest BCUT2D eigenvalue weighted by molar-refractivity contribution is 7.09. The molecule has 0 aliphatic carbocycles. The Morgan fingerprint density at radius 1 is 1.29 bits per heavy atom. The molecule has 4 rings (SSSR count). The maximum atomic E-state index is 12.9. The van der Waals surface area contributed by atoms with Crippen LogP contribution in [0.15, 0.2) is 36.0 Å². The maximum Gasteiger partial charge on any atom is 0.253 e. The number of rotatable bonds is 3. The molecule has 3 heterocycles. The van der Waals surface area contributed by atoms with Gasteiger partial charge in [-0.3, -0.25) is 14.7 Å². The first kappa shape index (κ1) is 15.7. The van der Waals surface area contributed by atoms with Crippen LogP contribution in [0.5, 0.6) is 0 Å². The van der Waals surface area contributed by atoms with Gasteiger partial charge in [-0.25, -0.2) is 0 Å². The number of aromatic nitrogens is 1. The topological polar surface area (TPSA) is 45.7 Å². The minimum absolute atomic E-state index is 0.124. The molecule has 1 amide bonds. The van der Waals surface area contributed by atoms with E-state index in [1.54, 1.807) is 11.3 Å². The van der Waals surface area contributed by atoms with Crippen molar-refractivity contribution in [2.75, 3.05) is 26.2 Å². The Morgan fingerprint density at radius 3 is 3.00 bits per heavy atom. The SMILES string of the molecule is O=C(C1CN(Cc2cncs2)CCO1)N1CCc2ccccc2C1. The number of ether oxygens (including phenoxy) is 1. The summed E-state index contributed by atoms with van der Waals surface area (Å²) in [6.45, 7) is 4.47. The molecule has 1 unspecified atom stereocenters. The van der Waals surface area contributed by atoms with Crippen LogP contribution in [-0.4, -0.2) is 53.0 Å². The number of carbonyl (C=O) groups excluding carboxylic acids is 1. The van der Waals surface area contributed by atoms with Crippen molar-refractivity contribution >= 4 is 17.2 Å². The summed E-state index contributed by atoms with van der Waals surface area (Å²) in [5.41, 5.74) is 4.47. The number of benzene rings is 1. The number of amides is 1. The number of carbonyl (C=O) groups is 1. The number of hydrogen-bond acceptors (Lipinski definition) is 5. The molecule has 1 atom stereocenters. The second-order valence-corrected chi connectivity index (χ2v) is 7.31. The number of morpholine rings is 1. The van der Waals surface area contributed by atoms with Crippen LogP contribution in [0.25, 0.3) is 0 Å². The highest BCUT2D eigenvalue weighted by Crippen LogP contribution is 2.21. The summed E-state index contributed by atoms with van der Waals surface area (Å²) in [6.07, 6.45) is 2.48. The molecular weight excluding hydrogens is 322 g/mol. The molecular formula is C18H21N3O2S. The van der Waals surface area contributed by atoms with E-state index in [0.29, 0.717) is 19.7 Å². The van der Waals surface area contributed by atoms with Gasteiger partial charge in [-0.15, -0.1) is 11.3 Å². The maximum absolute atomic E-state index is 12.9. The van der Waals surface area contributed by atoms with Crippen LogP contribution < -0.4 is 0 Å². The molecule has 2 aliphatic heterocycles. The van der Waals surface area contributed by atoms with Gasteiger partial charge in [0, 0.05) is 43.8 Å². The quantitative estimate of drug-likeness (QED) is 0.854. The van der Waals surface area contributed by atoms with Crippen molar-refractivity contribution in [2.24, 2.45) is 0 Å². The zero-order valence-electron chi connectivity index (χ0n) is 13.6. The van der Waals surface area contributed by atoms with E-state index in [1.807, 2.05) is 22.7 Å². The van der Waals surface area contributed by atoms with E-state index in [1.165, 1.54) is 16.0 Å². The van der Waals surface area contributed by atoms with Crippen LogP contribution in [-0.2, 0) is 29.0 Å². The van der Waals surface area contributed by atoms with Gasteiger partial charge in [-0.2, -0.15) is 0 Å². The molecule has 0 bridgehead atoms. The van der Waals surface area contributed by atoms with E-state index >= 15 is 0 Å². The minimum Gasteiger partial charge on any atom is -0.366 e. The molecule has 0 saturated carbocycles. The molecule has 2 aromatic rings. The predicted octanol–water partition coefficient (Wildman–Crippen LogP) is 1.93. The van der Waals surface area contributed by atoms with Crippen LogP contribution >= 0.6 is 11.3 Å². The number of fused-ring (bicyclic) bond motifs is 1. The zero-order valence-corrected chi connectivity index (χ0v) is 14.4. The lowest BCUT2D eigenvalue weighted by atomic mass is 9.99. The van der Waals surface area contributed by atoms with Crippen molar-refractivity contribution < 1.29 is 9.53 Å². The third-order valence-corrected chi connectivity index (χ3v) is 5.50. The number of hydrogen-bond donors (Lipinski definition) is 0. The molecule has 1 aromatic carbocycles. The molecule has 24 heavy (non-hydrogen) atoms. The summed E-state index contributed by atoms with van der Waals surface area (Å²) >= 11 is 1.66. The largest absolute Gasteiger partial charge is 0.366 e. The number of nitrogens with zero attached hydrogens (tertiary/aromatic N) is 3. The molecule has 5 nitrogen and oxygen atoms in total. The molecule has 1 fully saturated rings. The molecule has 2 aliphatic rings. The van der Waals surface area contributed by atoms with Crippen molar-refractivity contribution in [1.29, 1.82) is 0 Å². The molecule has 0 N–H and O–H groups in total. The predicted molar refractivity (Wildman–Crippen MR) is 92.7 cm³/mol. The lowest BCUT2D eigenvalue weighted by molar-refractivity contribution is -0.150. The third-order valence-electron chi connectivity index (χ3n) is 4.73. The van der Waals surface area contributed by atoms with Gasteiger partial charge < -0.3 is 9.64 Å². The Labute approximate surface area is 145 Å². The third kappa shape index (κ3) is 3.36. The average molecular weight is 343 g/mol. The molecule has 1 aromatic heterocycles. The molecule has 0 radical (unpaired) electrons. The number of thiazole rings is 1. The fourth-order valence-corrected chi connectivity index (χ4v) is 4.06. The Balaban J connectivity index is 1.39. The summed E-state index contributed by atoms with van der Waals surface area (Å²) in [7, 11) is 0. The standard InChI is InChI=1S/C18H21N3O2S/c22-18(21-6-5-14-3-1-2-4-15(14)10-21)17-12-20(7-8-23-17)11-16-9-19-13-24-16/h1-4,9,13,17H,5-8,10-12H2. The summed E-state index contributed by atoms with van der Waals surface area (Å²) < 4.78 is 5.79. The molecule has 6 heteroatoms. The van der Waals surface area contributed by atoms with Gasteiger partial charge in [-0.05, 0) is 17.5 Å². The van der Waals surface area contributed by atoms with Crippen LogP contribution in [0.3, 0.4) is 0 Å². The van der Waals surface area contributed by atoms with E-state index in [9.17, 15) is 4.79 Å². The van der Waals surface area contributed by atoms with Crippen LogP contribution in [0.4, 0.5) is 0 Å². The van der Waals surface area contributed by atoms with E-state index in [2.05, 4.69) is 28.1 Å². The van der Waals surface area contributed by atoms with E-state index in [-0.39, 0.29) is 12.0 Å². The first-order chi connectivity index (χ1) is 11.8. The summed E-state index contributed by atoms with van der Waals surface area (Å²) in [4.78, 5) is 22.5. The van der Waals surface area contributed by atoms with Gasteiger partial charge in [0.15, 0.2) is 0 Å². The highest BCUT2D eigenvalue weighted by Gasteiger charge is 2.31. The van der Waals surface area contributed by atoms with E-state index in [0.717, 1.165) is 26.1 Å². The normalized spacial score (nSPS) is 21.5. The van der Waals surface area contributed by atoms with Crippen molar-refractivity contribution in [2.45, 2.75) is 25.6 Å². The van der Waals surface area contributed by atoms with Gasteiger partial charge in [-0.1, -0.05) is 24.3 Å². The summed E-state index contributed by atoms with van der Waals surface area (Å²) in [5, 5.41) is 0. The Bertz CT molecular complexity index is 704. The Kier molecular flexibility index (Phi) is 4.60. The highest BCUT2D eigenvalue weighted by atomic mass is 32.1. The minimum atomic E-state index is -0.350. The lowest BCUT2D eigenvalue weighted by Gasteiger charge is -2.36. The Morgan fingerprint density at radius 2 is 2.17 bits per heavy atom. The van der Waals surface area contributed by atoms with Crippen LogP contribution in [0.2, 0.25) is 0 Å². The van der Waals surface area contributed by atoms with E-state index in [4.69, 9.17) is 4.74 Å². The molecule has 0 spiro atoms. The second kappa shape index (κ2) is 7.01. The second-order valence-electron chi connectivity index (χ2n) is 6.34. The first-order valence-corrected chi connectivity index (χ1v) is 9.24. The van der Waals surface area contributed by atoms with Crippen molar-refractivity contribution in [3.63, 3.8) is 0 Å². The van der Waals surface area contributed by atoms with Gasteiger partial charge in [0.05, 0.1) is 12.1 Å². The van der Waals surface area contributed by atoms with Crippen LogP contribution in [0, 0.1) is 0 Å². The van der Waals surface area contributed by atoms with Gasteiger partial charge in [0.25, 0.3) is 5.91 Å². The first-order valence-electron chi connectivity index (χ1n) is 8.36. The summed E-state index contributed by atoms with van der Waals surface area (Å²) in [5.74, 6) is 0.124. The average Bonchev–Trinajstić information content (AvgIpc) is 3.14. The lowest BCUT2D eigenvalue weighted by Crippen LogP contribution is -2.51. The monoisotopic (exact) mass is 343 g/mol. The molecule has 1 saturated heterocycles. The fraction of sp³-hybridized carbons (Fsp3) is 0.444. The van der Waals surface area contributed by atoms with Gasteiger partial charge in [0.1, 0.15) is 6.10 Å². The fourth-order valence-electron chi connectivity index (χ4n) is 3.42.